The molecule has 5 nitrogen and oxygen atoms in total. The minimum atomic E-state index is 0.0865. The molecule has 152 valence electrons. The van der Waals surface area contributed by atoms with Gasteiger partial charge in [0, 0.05) is 45.6 Å². The van der Waals surface area contributed by atoms with Crippen LogP contribution in [-0.4, -0.2) is 54.3 Å². The van der Waals surface area contributed by atoms with Crippen molar-refractivity contribution in [3.63, 3.8) is 0 Å². The highest BCUT2D eigenvalue weighted by molar-refractivity contribution is 5.79. The summed E-state index contributed by atoms with van der Waals surface area (Å²) in [7, 11) is 0. The Bertz CT molecular complexity index is 672. The number of hydrogen-bond donors (Lipinski definition) is 1. The summed E-state index contributed by atoms with van der Waals surface area (Å²) in [6, 6.07) is 10.5. The molecule has 3 fully saturated rings. The lowest BCUT2D eigenvalue weighted by atomic mass is 10.0. The Morgan fingerprint density at radius 2 is 1.68 bits per heavy atom. The molecular formula is C23H33N3O2. The number of carbonyl (C=O) groups is 2. The molecule has 28 heavy (non-hydrogen) atoms. The van der Waals surface area contributed by atoms with Crippen LogP contribution in [0.15, 0.2) is 30.3 Å². The highest BCUT2D eigenvalue weighted by atomic mass is 16.2. The van der Waals surface area contributed by atoms with Crippen LogP contribution in [0.2, 0.25) is 0 Å². The zero-order valence-corrected chi connectivity index (χ0v) is 17.0. The number of nitrogens with zero attached hydrogens (tertiary/aromatic N) is 2. The van der Waals surface area contributed by atoms with Crippen LogP contribution in [0, 0.1) is 17.8 Å². The number of likely N-dealkylation sites (tertiary alicyclic amines) is 2. The van der Waals surface area contributed by atoms with Crippen LogP contribution in [-0.2, 0) is 9.59 Å². The molecule has 2 aliphatic heterocycles. The maximum absolute atomic E-state index is 12.7. The maximum Gasteiger partial charge on any atom is 0.223 e. The lowest BCUT2D eigenvalue weighted by Gasteiger charge is -2.25. The van der Waals surface area contributed by atoms with E-state index >= 15 is 0 Å². The van der Waals surface area contributed by atoms with E-state index in [-0.39, 0.29) is 23.8 Å². The van der Waals surface area contributed by atoms with Crippen LogP contribution in [0.3, 0.4) is 0 Å². The lowest BCUT2D eigenvalue weighted by molar-refractivity contribution is -0.128. The molecule has 3 aliphatic rings. The maximum atomic E-state index is 12.7. The molecule has 2 unspecified atom stereocenters. The van der Waals surface area contributed by atoms with Crippen molar-refractivity contribution in [3.8, 4) is 0 Å². The van der Waals surface area contributed by atoms with Gasteiger partial charge in [0.05, 0.1) is 6.04 Å². The first-order valence-electron chi connectivity index (χ1n) is 10.9. The van der Waals surface area contributed by atoms with Crippen LogP contribution >= 0.6 is 0 Å². The van der Waals surface area contributed by atoms with E-state index in [4.69, 9.17) is 0 Å². The molecular weight excluding hydrogens is 350 g/mol. The molecule has 1 aromatic carbocycles. The van der Waals surface area contributed by atoms with E-state index in [1.165, 1.54) is 18.4 Å². The summed E-state index contributed by atoms with van der Waals surface area (Å²) in [5.74, 6) is 1.88. The fourth-order valence-corrected chi connectivity index (χ4v) is 5.33. The largest absolute Gasteiger partial charge is 0.349 e. The van der Waals surface area contributed by atoms with Crippen molar-refractivity contribution >= 4 is 11.8 Å². The highest BCUT2D eigenvalue weighted by Gasteiger charge is 2.40. The van der Waals surface area contributed by atoms with Gasteiger partial charge in [-0.2, -0.15) is 0 Å². The van der Waals surface area contributed by atoms with Crippen LogP contribution < -0.4 is 5.32 Å². The van der Waals surface area contributed by atoms with Gasteiger partial charge in [-0.05, 0) is 36.7 Å². The number of carbonyl (C=O) groups excluding carboxylic acids is 2. The van der Waals surface area contributed by atoms with Crippen molar-refractivity contribution in [1.29, 1.82) is 0 Å². The van der Waals surface area contributed by atoms with Gasteiger partial charge in [0.15, 0.2) is 0 Å². The van der Waals surface area contributed by atoms with E-state index in [0.717, 1.165) is 52.0 Å². The number of fused-ring (bicyclic) bond motifs is 1. The Morgan fingerprint density at radius 3 is 2.29 bits per heavy atom. The van der Waals surface area contributed by atoms with Gasteiger partial charge in [-0.25, -0.2) is 0 Å². The van der Waals surface area contributed by atoms with Crippen molar-refractivity contribution in [2.45, 2.75) is 45.1 Å². The smallest absolute Gasteiger partial charge is 0.223 e. The molecule has 1 aromatic rings. The summed E-state index contributed by atoms with van der Waals surface area (Å²) in [6.45, 7) is 6.65. The standard InChI is InChI=1S/C23H33N3O2/c1-17(27)26-15-20-13-25(14-21(20)16-26)12-11-22(18-7-3-2-4-8-18)24-23(28)19-9-5-6-10-19/h2-4,7-8,19-22H,5-6,9-16H2,1H3,(H,24,28)/t20?,21?,22-/m0/s1. The molecule has 2 heterocycles. The third-order valence-corrected chi connectivity index (χ3v) is 6.99. The molecule has 0 radical (unpaired) electrons. The monoisotopic (exact) mass is 383 g/mol. The molecule has 0 bridgehead atoms. The Balaban J connectivity index is 1.33. The molecule has 2 saturated heterocycles. The van der Waals surface area contributed by atoms with E-state index in [1.54, 1.807) is 6.92 Å². The number of rotatable bonds is 6. The van der Waals surface area contributed by atoms with Crippen LogP contribution in [0.4, 0.5) is 0 Å². The van der Waals surface area contributed by atoms with E-state index < -0.39 is 0 Å². The van der Waals surface area contributed by atoms with Gasteiger partial charge in [0.1, 0.15) is 0 Å². The Labute approximate surface area is 168 Å². The SMILES string of the molecule is CC(=O)N1CC2CN(CC[C@H](NC(=O)C3CCCC3)c3ccccc3)CC2C1. The minimum absolute atomic E-state index is 0.0865. The van der Waals surface area contributed by atoms with Crippen LogP contribution in [0.5, 0.6) is 0 Å². The summed E-state index contributed by atoms with van der Waals surface area (Å²) in [4.78, 5) is 28.9. The van der Waals surface area contributed by atoms with Gasteiger partial charge in [-0.3, -0.25) is 9.59 Å². The van der Waals surface area contributed by atoms with Gasteiger partial charge in [0.25, 0.3) is 0 Å². The Hall–Kier alpha value is -1.88. The lowest BCUT2D eigenvalue weighted by Crippen LogP contribution is -2.36. The third-order valence-electron chi connectivity index (χ3n) is 6.99. The van der Waals surface area contributed by atoms with E-state index in [9.17, 15) is 9.59 Å². The Kier molecular flexibility index (Phi) is 6.00. The number of amides is 2. The van der Waals surface area contributed by atoms with Gasteiger partial charge < -0.3 is 15.1 Å². The van der Waals surface area contributed by atoms with Crippen molar-refractivity contribution in [2.75, 3.05) is 32.7 Å². The molecule has 5 heteroatoms. The summed E-state index contributed by atoms with van der Waals surface area (Å²) in [6.07, 6.45) is 5.38. The molecule has 2 amide bonds. The van der Waals surface area contributed by atoms with Crippen molar-refractivity contribution in [1.82, 2.24) is 15.1 Å². The summed E-state index contributed by atoms with van der Waals surface area (Å²) in [5, 5.41) is 3.35. The van der Waals surface area contributed by atoms with Crippen LogP contribution in [0.1, 0.15) is 50.6 Å². The summed E-state index contributed by atoms with van der Waals surface area (Å²) in [5.41, 5.74) is 1.20. The van der Waals surface area contributed by atoms with Crippen molar-refractivity contribution in [3.05, 3.63) is 35.9 Å². The molecule has 1 aliphatic carbocycles. The topological polar surface area (TPSA) is 52.7 Å². The molecule has 0 spiro atoms. The van der Waals surface area contributed by atoms with E-state index in [2.05, 4.69) is 34.5 Å². The molecule has 1 saturated carbocycles. The average Bonchev–Trinajstić information content (AvgIpc) is 3.41. The first-order valence-corrected chi connectivity index (χ1v) is 10.9. The molecule has 0 aromatic heterocycles. The zero-order valence-electron chi connectivity index (χ0n) is 17.0. The minimum Gasteiger partial charge on any atom is -0.349 e. The van der Waals surface area contributed by atoms with Gasteiger partial charge in [-0.1, -0.05) is 43.2 Å². The summed E-state index contributed by atoms with van der Waals surface area (Å²) >= 11 is 0. The summed E-state index contributed by atoms with van der Waals surface area (Å²) < 4.78 is 0. The first-order chi connectivity index (χ1) is 13.6. The fourth-order valence-electron chi connectivity index (χ4n) is 5.33. The molecule has 3 atom stereocenters. The van der Waals surface area contributed by atoms with Gasteiger partial charge in [-0.15, -0.1) is 0 Å². The van der Waals surface area contributed by atoms with Crippen molar-refractivity contribution in [2.24, 2.45) is 17.8 Å². The average molecular weight is 384 g/mol. The second-order valence-electron chi connectivity index (χ2n) is 8.95. The van der Waals surface area contributed by atoms with E-state index in [0.29, 0.717) is 11.8 Å². The predicted octanol–water partition coefficient (Wildman–Crippen LogP) is 2.83. The quantitative estimate of drug-likeness (QED) is 0.822. The first kappa shape index (κ1) is 19.4. The third kappa shape index (κ3) is 4.40. The number of nitrogens with one attached hydrogen (secondary N) is 1. The predicted molar refractivity (Wildman–Crippen MR) is 110 cm³/mol. The van der Waals surface area contributed by atoms with E-state index in [1.807, 2.05) is 11.0 Å². The van der Waals surface area contributed by atoms with Gasteiger partial charge in [0.2, 0.25) is 11.8 Å². The molecule has 4 rings (SSSR count). The van der Waals surface area contributed by atoms with Crippen molar-refractivity contribution < 1.29 is 9.59 Å². The fraction of sp³-hybridized carbons (Fsp3) is 0.652. The second-order valence-corrected chi connectivity index (χ2v) is 8.95. The molecule has 1 N–H and O–H groups in total. The van der Waals surface area contributed by atoms with Gasteiger partial charge >= 0.3 is 0 Å². The highest BCUT2D eigenvalue weighted by Crippen LogP contribution is 2.32. The normalized spacial score (nSPS) is 26.4. The second kappa shape index (κ2) is 8.64. The number of benzene rings is 1. The zero-order chi connectivity index (χ0) is 19.5. The van der Waals surface area contributed by atoms with Crippen LogP contribution in [0.25, 0.3) is 0 Å². The number of hydrogen-bond acceptors (Lipinski definition) is 3. The Morgan fingerprint density at radius 1 is 1.04 bits per heavy atom.